The lowest BCUT2D eigenvalue weighted by Gasteiger charge is -2.13. The van der Waals surface area contributed by atoms with Gasteiger partial charge in [0.15, 0.2) is 0 Å². The fourth-order valence-electron chi connectivity index (χ4n) is 2.45. The Kier molecular flexibility index (Phi) is 6.27. The number of ether oxygens (including phenoxy) is 2. The Morgan fingerprint density at radius 1 is 1.45 bits per heavy atom. The molecule has 1 unspecified atom stereocenters. The first-order valence-electron chi connectivity index (χ1n) is 7.53. The first-order valence-corrected chi connectivity index (χ1v) is 7.53. The molecule has 0 aromatic heterocycles. The van der Waals surface area contributed by atoms with Gasteiger partial charge in [-0.3, -0.25) is 0 Å². The van der Waals surface area contributed by atoms with Crippen LogP contribution in [0.25, 0.3) is 0 Å². The minimum Gasteiger partial charge on any atom is -0.493 e. The molecule has 3 nitrogen and oxygen atoms in total. The molecule has 1 aromatic carbocycles. The predicted octanol–water partition coefficient (Wildman–Crippen LogP) is 3.27. The molecule has 0 spiro atoms. The van der Waals surface area contributed by atoms with E-state index in [-0.39, 0.29) is 5.82 Å². The summed E-state index contributed by atoms with van der Waals surface area (Å²) in [7, 11) is 0. The zero-order valence-corrected chi connectivity index (χ0v) is 12.2. The minimum absolute atomic E-state index is 0.218. The second-order valence-electron chi connectivity index (χ2n) is 5.16. The van der Waals surface area contributed by atoms with Crippen LogP contribution in [0.1, 0.15) is 38.2 Å². The molecule has 1 aliphatic heterocycles. The van der Waals surface area contributed by atoms with Gasteiger partial charge in [0.2, 0.25) is 0 Å². The molecule has 4 heteroatoms. The molecule has 0 radical (unpaired) electrons. The molecular weight excluding hydrogens is 257 g/mol. The van der Waals surface area contributed by atoms with Gasteiger partial charge < -0.3 is 14.8 Å². The zero-order chi connectivity index (χ0) is 14.2. The zero-order valence-electron chi connectivity index (χ0n) is 12.2. The van der Waals surface area contributed by atoms with Crippen LogP contribution in [-0.4, -0.2) is 25.9 Å². The summed E-state index contributed by atoms with van der Waals surface area (Å²) in [6, 6.07) is 4.71. The molecular formula is C16H24FNO2. The average molecular weight is 281 g/mol. The van der Waals surface area contributed by atoms with Crippen molar-refractivity contribution in [2.45, 2.75) is 45.3 Å². The van der Waals surface area contributed by atoms with Crippen molar-refractivity contribution in [2.75, 3.05) is 19.8 Å². The summed E-state index contributed by atoms with van der Waals surface area (Å²) >= 11 is 0. The predicted molar refractivity (Wildman–Crippen MR) is 77.5 cm³/mol. The summed E-state index contributed by atoms with van der Waals surface area (Å²) in [6.45, 7) is 5.08. The third-order valence-electron chi connectivity index (χ3n) is 3.54. The van der Waals surface area contributed by atoms with Gasteiger partial charge in [-0.2, -0.15) is 0 Å². The first-order chi connectivity index (χ1) is 9.79. The lowest BCUT2D eigenvalue weighted by Crippen LogP contribution is -2.14. The van der Waals surface area contributed by atoms with Crippen molar-refractivity contribution < 1.29 is 13.9 Å². The Morgan fingerprint density at radius 3 is 3.10 bits per heavy atom. The van der Waals surface area contributed by atoms with Crippen molar-refractivity contribution in [1.29, 1.82) is 0 Å². The summed E-state index contributed by atoms with van der Waals surface area (Å²) in [5.41, 5.74) is 0.879. The highest BCUT2D eigenvalue weighted by molar-refractivity contribution is 5.33. The van der Waals surface area contributed by atoms with Crippen molar-refractivity contribution >= 4 is 0 Å². The summed E-state index contributed by atoms with van der Waals surface area (Å²) in [5, 5.41) is 3.20. The summed E-state index contributed by atoms with van der Waals surface area (Å²) in [5.74, 6) is 0.560. The third-order valence-corrected chi connectivity index (χ3v) is 3.54. The van der Waals surface area contributed by atoms with Crippen LogP contribution in [0.4, 0.5) is 4.39 Å². The van der Waals surface area contributed by atoms with Crippen LogP contribution < -0.4 is 10.1 Å². The number of nitrogens with one attached hydrogen (secondary N) is 1. The van der Waals surface area contributed by atoms with Gasteiger partial charge in [0, 0.05) is 18.7 Å². The Labute approximate surface area is 120 Å². The monoisotopic (exact) mass is 281 g/mol. The van der Waals surface area contributed by atoms with Gasteiger partial charge in [-0.1, -0.05) is 6.92 Å². The summed E-state index contributed by atoms with van der Waals surface area (Å²) in [4.78, 5) is 0. The van der Waals surface area contributed by atoms with Crippen LogP contribution in [0, 0.1) is 5.82 Å². The van der Waals surface area contributed by atoms with Gasteiger partial charge in [0.25, 0.3) is 0 Å². The first kappa shape index (κ1) is 15.3. The molecule has 0 aliphatic carbocycles. The van der Waals surface area contributed by atoms with Crippen LogP contribution >= 0.6 is 0 Å². The molecule has 1 aliphatic rings. The topological polar surface area (TPSA) is 30.5 Å². The van der Waals surface area contributed by atoms with E-state index >= 15 is 0 Å². The van der Waals surface area contributed by atoms with E-state index in [1.54, 1.807) is 6.07 Å². The van der Waals surface area contributed by atoms with Crippen molar-refractivity contribution in [3.63, 3.8) is 0 Å². The van der Waals surface area contributed by atoms with Crippen molar-refractivity contribution in [3.05, 3.63) is 29.6 Å². The van der Waals surface area contributed by atoms with E-state index in [9.17, 15) is 4.39 Å². The molecule has 1 heterocycles. The normalized spacial score (nSPS) is 18.4. The maximum Gasteiger partial charge on any atom is 0.123 e. The Morgan fingerprint density at radius 2 is 2.35 bits per heavy atom. The molecule has 1 N–H and O–H groups in total. The van der Waals surface area contributed by atoms with Gasteiger partial charge in [0.1, 0.15) is 11.6 Å². The van der Waals surface area contributed by atoms with Gasteiger partial charge in [0.05, 0.1) is 12.7 Å². The van der Waals surface area contributed by atoms with Crippen LogP contribution in [-0.2, 0) is 11.3 Å². The highest BCUT2D eigenvalue weighted by atomic mass is 19.1. The van der Waals surface area contributed by atoms with Gasteiger partial charge >= 0.3 is 0 Å². The molecule has 2 rings (SSSR count). The fraction of sp³-hybridized carbons (Fsp3) is 0.625. The van der Waals surface area contributed by atoms with Crippen molar-refractivity contribution in [2.24, 2.45) is 0 Å². The largest absolute Gasteiger partial charge is 0.493 e. The number of rotatable bonds is 8. The number of halogens is 1. The van der Waals surface area contributed by atoms with Crippen molar-refractivity contribution in [1.82, 2.24) is 5.32 Å². The molecule has 1 saturated heterocycles. The summed E-state index contributed by atoms with van der Waals surface area (Å²) < 4.78 is 24.6. The third kappa shape index (κ3) is 4.76. The molecule has 112 valence electrons. The van der Waals surface area contributed by atoms with Gasteiger partial charge in [-0.15, -0.1) is 0 Å². The van der Waals surface area contributed by atoms with E-state index < -0.39 is 0 Å². The lowest BCUT2D eigenvalue weighted by atomic mass is 10.1. The molecule has 1 atom stereocenters. The Balaban J connectivity index is 1.78. The fourth-order valence-corrected chi connectivity index (χ4v) is 2.45. The quantitative estimate of drug-likeness (QED) is 0.742. The van der Waals surface area contributed by atoms with E-state index in [4.69, 9.17) is 9.47 Å². The lowest BCUT2D eigenvalue weighted by molar-refractivity contribution is 0.0981. The van der Waals surface area contributed by atoms with E-state index in [0.29, 0.717) is 19.3 Å². The molecule has 0 amide bonds. The number of hydrogen-bond donors (Lipinski definition) is 1. The maximum absolute atomic E-state index is 13.3. The maximum atomic E-state index is 13.3. The van der Waals surface area contributed by atoms with E-state index in [2.05, 4.69) is 5.32 Å². The smallest absolute Gasteiger partial charge is 0.123 e. The molecule has 0 saturated carbocycles. The second kappa shape index (κ2) is 8.22. The van der Waals surface area contributed by atoms with E-state index in [1.165, 1.54) is 25.0 Å². The SMILES string of the molecule is CCNCc1cc(F)ccc1OCCCC1CCCO1. The van der Waals surface area contributed by atoms with Crippen LogP contribution in [0.15, 0.2) is 18.2 Å². The standard InChI is InChI=1S/C16H24FNO2/c1-2-18-12-13-11-14(17)7-8-16(13)20-10-4-6-15-5-3-9-19-15/h7-8,11,15,18H,2-6,9-10,12H2,1H3. The molecule has 1 aromatic rings. The van der Waals surface area contributed by atoms with E-state index in [1.807, 2.05) is 6.92 Å². The molecule has 1 fully saturated rings. The second-order valence-corrected chi connectivity index (χ2v) is 5.16. The minimum atomic E-state index is -0.218. The van der Waals surface area contributed by atoms with Gasteiger partial charge in [-0.25, -0.2) is 4.39 Å². The average Bonchev–Trinajstić information content (AvgIpc) is 2.96. The van der Waals surface area contributed by atoms with Crippen LogP contribution in [0.5, 0.6) is 5.75 Å². The molecule has 20 heavy (non-hydrogen) atoms. The highest BCUT2D eigenvalue weighted by Gasteiger charge is 2.14. The van der Waals surface area contributed by atoms with Gasteiger partial charge in [-0.05, 0) is 50.4 Å². The molecule has 0 bridgehead atoms. The highest BCUT2D eigenvalue weighted by Crippen LogP contribution is 2.21. The summed E-state index contributed by atoms with van der Waals surface area (Å²) in [6.07, 6.45) is 4.78. The van der Waals surface area contributed by atoms with E-state index in [0.717, 1.165) is 37.3 Å². The number of hydrogen-bond acceptors (Lipinski definition) is 3. The Hall–Kier alpha value is -1.13. The number of benzene rings is 1. The van der Waals surface area contributed by atoms with Crippen LogP contribution in [0.3, 0.4) is 0 Å². The Bertz CT molecular complexity index is 405. The van der Waals surface area contributed by atoms with Crippen LogP contribution in [0.2, 0.25) is 0 Å². The van der Waals surface area contributed by atoms with Crippen molar-refractivity contribution in [3.8, 4) is 5.75 Å².